The van der Waals surface area contributed by atoms with Gasteiger partial charge in [-0.25, -0.2) is 0 Å². The summed E-state index contributed by atoms with van der Waals surface area (Å²) in [6.45, 7) is 3.54. The average molecular weight is 324 g/mol. The molecule has 1 aromatic rings. The van der Waals surface area contributed by atoms with Crippen LogP contribution in [0.25, 0.3) is 0 Å². The number of anilines is 1. The summed E-state index contributed by atoms with van der Waals surface area (Å²) in [5.41, 5.74) is -3.97. The smallest absolute Gasteiger partial charge is 0.441 e. The molecule has 1 aromatic carbocycles. The van der Waals surface area contributed by atoms with Gasteiger partial charge in [-0.1, -0.05) is 0 Å². The first-order chi connectivity index (χ1) is 9.69. The number of nitro benzene ring substituents is 1. The molecule has 0 atom stereocenters. The first kappa shape index (κ1) is 17.4. The van der Waals surface area contributed by atoms with Gasteiger partial charge in [0.25, 0.3) is 0 Å². The van der Waals surface area contributed by atoms with Crippen molar-refractivity contribution >= 4 is 23.1 Å². The second kappa shape index (κ2) is 7.39. The minimum Gasteiger partial charge on any atom is -0.484 e. The fourth-order valence-electron chi connectivity index (χ4n) is 1.49. The normalized spacial score (nSPS) is 11.5. The molecule has 21 heavy (non-hydrogen) atoms. The third-order valence-electron chi connectivity index (χ3n) is 2.22. The maximum atomic E-state index is 12.0. The van der Waals surface area contributed by atoms with Gasteiger partial charge in [0, 0.05) is 30.1 Å². The van der Waals surface area contributed by atoms with Crippen LogP contribution in [0.5, 0.6) is 5.75 Å². The van der Waals surface area contributed by atoms with E-state index >= 15 is 0 Å². The predicted molar refractivity (Wildman–Crippen MR) is 75.9 cm³/mol. The Morgan fingerprint density at radius 1 is 1.43 bits per heavy atom. The molecule has 0 unspecified atom stereocenters. The van der Waals surface area contributed by atoms with E-state index in [1.807, 2.05) is 0 Å². The van der Waals surface area contributed by atoms with Crippen LogP contribution in [0.15, 0.2) is 18.2 Å². The van der Waals surface area contributed by atoms with Crippen molar-refractivity contribution in [2.45, 2.75) is 25.5 Å². The van der Waals surface area contributed by atoms with Crippen LogP contribution in [0.1, 0.15) is 13.8 Å². The highest BCUT2D eigenvalue weighted by molar-refractivity contribution is 8.00. The summed E-state index contributed by atoms with van der Waals surface area (Å²) >= 11 is -0.126. The lowest BCUT2D eigenvalue weighted by atomic mass is 10.2. The molecule has 9 heteroatoms. The molecule has 0 radical (unpaired) electrons. The Morgan fingerprint density at radius 2 is 2.10 bits per heavy atom. The molecule has 0 fully saturated rings. The molecular formula is C12H15F3N2O3S. The van der Waals surface area contributed by atoms with E-state index in [9.17, 15) is 23.3 Å². The molecule has 0 aromatic heterocycles. The summed E-state index contributed by atoms with van der Waals surface area (Å²) in [6.07, 6.45) is -0.250. The van der Waals surface area contributed by atoms with E-state index in [0.29, 0.717) is 5.69 Å². The molecule has 0 aliphatic heterocycles. The summed E-state index contributed by atoms with van der Waals surface area (Å²) in [5.74, 6) is -0.0654. The van der Waals surface area contributed by atoms with E-state index in [4.69, 9.17) is 4.74 Å². The van der Waals surface area contributed by atoms with Gasteiger partial charge in [-0.2, -0.15) is 13.2 Å². The third kappa shape index (κ3) is 6.56. The lowest BCUT2D eigenvalue weighted by molar-refractivity contribution is -0.386. The van der Waals surface area contributed by atoms with Crippen molar-refractivity contribution in [2.75, 3.05) is 17.6 Å². The van der Waals surface area contributed by atoms with Crippen LogP contribution in [0.2, 0.25) is 0 Å². The summed E-state index contributed by atoms with van der Waals surface area (Å²) in [5, 5.41) is 13.6. The van der Waals surface area contributed by atoms with E-state index in [0.717, 1.165) is 0 Å². The number of benzene rings is 1. The zero-order chi connectivity index (χ0) is 16.0. The van der Waals surface area contributed by atoms with Crippen LogP contribution < -0.4 is 10.1 Å². The van der Waals surface area contributed by atoms with Crippen molar-refractivity contribution in [3.8, 4) is 5.75 Å². The maximum Gasteiger partial charge on any atom is 0.441 e. The molecule has 0 spiro atoms. The molecule has 0 aliphatic carbocycles. The maximum absolute atomic E-state index is 12.0. The summed E-state index contributed by atoms with van der Waals surface area (Å²) < 4.78 is 41.3. The lowest BCUT2D eigenvalue weighted by Gasteiger charge is -2.12. The van der Waals surface area contributed by atoms with Crippen LogP contribution in [0, 0.1) is 10.1 Å². The summed E-state index contributed by atoms with van der Waals surface area (Å²) in [4.78, 5) is 10.3. The molecular weight excluding hydrogens is 309 g/mol. The Labute approximate surface area is 124 Å². The van der Waals surface area contributed by atoms with Gasteiger partial charge in [0.1, 0.15) is 0 Å². The molecule has 0 heterocycles. The largest absolute Gasteiger partial charge is 0.484 e. The molecule has 1 N–H and O–H groups in total. The van der Waals surface area contributed by atoms with E-state index in [-0.39, 0.29) is 41.6 Å². The number of nitrogens with one attached hydrogen (secondary N) is 1. The Morgan fingerprint density at radius 3 is 2.62 bits per heavy atom. The van der Waals surface area contributed by atoms with Crippen LogP contribution in [-0.2, 0) is 0 Å². The quantitative estimate of drug-likeness (QED) is 0.466. The van der Waals surface area contributed by atoms with Crippen molar-refractivity contribution in [3.63, 3.8) is 0 Å². The first-order valence-electron chi connectivity index (χ1n) is 6.08. The fraction of sp³-hybridized carbons (Fsp3) is 0.500. The number of nitrogens with zero attached hydrogens (tertiary/aromatic N) is 1. The van der Waals surface area contributed by atoms with Crippen molar-refractivity contribution in [3.05, 3.63) is 28.3 Å². The molecule has 5 nitrogen and oxygen atoms in total. The summed E-state index contributed by atoms with van der Waals surface area (Å²) in [7, 11) is 0. The van der Waals surface area contributed by atoms with Crippen molar-refractivity contribution in [1.29, 1.82) is 0 Å². The van der Waals surface area contributed by atoms with E-state index in [2.05, 4.69) is 5.32 Å². The third-order valence-corrected chi connectivity index (χ3v) is 2.95. The number of hydrogen-bond acceptors (Lipinski definition) is 5. The number of halogens is 3. The monoisotopic (exact) mass is 324 g/mol. The van der Waals surface area contributed by atoms with Crippen molar-refractivity contribution < 1.29 is 22.8 Å². The topological polar surface area (TPSA) is 64.4 Å². The van der Waals surface area contributed by atoms with E-state index < -0.39 is 10.4 Å². The van der Waals surface area contributed by atoms with Gasteiger partial charge in [0.15, 0.2) is 5.75 Å². The number of rotatable bonds is 7. The van der Waals surface area contributed by atoms with Gasteiger partial charge in [0.2, 0.25) is 0 Å². The molecule has 1 rings (SSSR count). The van der Waals surface area contributed by atoms with E-state index in [1.54, 1.807) is 13.8 Å². The molecule has 0 bridgehead atoms. The molecule has 118 valence electrons. The van der Waals surface area contributed by atoms with Crippen LogP contribution in [0.4, 0.5) is 24.5 Å². The second-order valence-electron chi connectivity index (χ2n) is 4.33. The predicted octanol–water partition coefficient (Wildman–Crippen LogP) is 4.05. The summed E-state index contributed by atoms with van der Waals surface area (Å²) in [6, 6.07) is 4.11. The minimum absolute atomic E-state index is 0.0864. The SMILES string of the molecule is CC(C)Oc1cc(NCCSC(F)(F)F)ccc1[N+](=O)[O-]. The number of ether oxygens (including phenoxy) is 1. The number of hydrogen-bond donors (Lipinski definition) is 1. The zero-order valence-corrected chi connectivity index (χ0v) is 12.3. The van der Waals surface area contributed by atoms with Crippen molar-refractivity contribution in [1.82, 2.24) is 0 Å². The Kier molecular flexibility index (Phi) is 6.13. The first-order valence-corrected chi connectivity index (χ1v) is 7.07. The minimum atomic E-state index is -4.26. The molecule has 0 amide bonds. The van der Waals surface area contributed by atoms with Gasteiger partial charge in [-0.15, -0.1) is 0 Å². The highest BCUT2D eigenvalue weighted by Crippen LogP contribution is 2.32. The van der Waals surface area contributed by atoms with Crippen LogP contribution >= 0.6 is 11.8 Å². The highest BCUT2D eigenvalue weighted by atomic mass is 32.2. The standard InChI is InChI=1S/C12H15F3N2O3S/c1-8(2)20-11-7-9(3-4-10(11)17(18)19)16-5-6-21-12(13,14)15/h3-4,7-8,16H,5-6H2,1-2H3. The lowest BCUT2D eigenvalue weighted by Crippen LogP contribution is -2.11. The van der Waals surface area contributed by atoms with Crippen molar-refractivity contribution in [2.24, 2.45) is 0 Å². The molecule has 0 saturated carbocycles. The fourth-order valence-corrected chi connectivity index (χ4v) is 1.92. The van der Waals surface area contributed by atoms with Crippen LogP contribution in [-0.4, -0.2) is 28.8 Å². The van der Waals surface area contributed by atoms with Gasteiger partial charge in [-0.3, -0.25) is 10.1 Å². The second-order valence-corrected chi connectivity index (χ2v) is 5.49. The Bertz CT molecular complexity index is 495. The number of alkyl halides is 3. The van der Waals surface area contributed by atoms with Gasteiger partial charge in [0.05, 0.1) is 11.0 Å². The van der Waals surface area contributed by atoms with E-state index in [1.165, 1.54) is 18.2 Å². The zero-order valence-electron chi connectivity index (χ0n) is 11.4. The van der Waals surface area contributed by atoms with Gasteiger partial charge >= 0.3 is 11.2 Å². The van der Waals surface area contributed by atoms with Gasteiger partial charge < -0.3 is 10.1 Å². The number of nitro groups is 1. The Balaban J connectivity index is 2.69. The van der Waals surface area contributed by atoms with Crippen LogP contribution in [0.3, 0.4) is 0 Å². The average Bonchev–Trinajstić information content (AvgIpc) is 2.32. The molecule has 0 aliphatic rings. The number of thioether (sulfide) groups is 1. The highest BCUT2D eigenvalue weighted by Gasteiger charge is 2.27. The van der Waals surface area contributed by atoms with Gasteiger partial charge in [-0.05, 0) is 31.7 Å². The Hall–Kier alpha value is -1.64. The molecule has 0 saturated heterocycles.